The third-order valence-electron chi connectivity index (χ3n) is 5.88. The molecule has 152 valence electrons. The van der Waals surface area contributed by atoms with Crippen LogP contribution in [0.1, 0.15) is 53.8 Å². The average molecular weight is 408 g/mol. The monoisotopic (exact) mass is 408 g/mol. The van der Waals surface area contributed by atoms with Gasteiger partial charge in [0.2, 0.25) is 5.76 Å². The van der Waals surface area contributed by atoms with Crippen molar-refractivity contribution in [1.82, 2.24) is 10.3 Å². The molecule has 2 fully saturated rings. The molecule has 0 aliphatic heterocycles. The summed E-state index contributed by atoms with van der Waals surface area (Å²) in [6.07, 6.45) is -1.41. The number of rotatable bonds is 3. The molecule has 5 rings (SSSR count). The van der Waals surface area contributed by atoms with Gasteiger partial charge in [-0.15, -0.1) is 0 Å². The van der Waals surface area contributed by atoms with Gasteiger partial charge in [-0.2, -0.15) is 13.2 Å². The number of alkyl halides is 3. The van der Waals surface area contributed by atoms with Crippen LogP contribution in [0, 0.1) is 11.2 Å². The van der Waals surface area contributed by atoms with Crippen molar-refractivity contribution in [2.45, 2.75) is 43.8 Å². The number of furan rings is 1. The number of oxazole rings is 1. The Labute approximate surface area is 162 Å². The number of hydrogen-bond acceptors (Lipinski definition) is 4. The van der Waals surface area contributed by atoms with Gasteiger partial charge in [-0.25, -0.2) is 9.37 Å². The predicted molar refractivity (Wildman–Crippen MR) is 92.6 cm³/mol. The molecule has 9 heteroatoms. The van der Waals surface area contributed by atoms with Crippen molar-refractivity contribution >= 4 is 17.0 Å². The van der Waals surface area contributed by atoms with E-state index in [1.165, 1.54) is 12.1 Å². The first kappa shape index (κ1) is 18.2. The number of halogens is 4. The number of amides is 1. The molecule has 3 aromatic rings. The molecule has 0 bridgehead atoms. The lowest BCUT2D eigenvalue weighted by atomic mass is 9.50. The molecule has 2 aromatic heterocycles. The minimum absolute atomic E-state index is 0.0921. The Balaban J connectivity index is 1.15. The van der Waals surface area contributed by atoms with E-state index in [0.717, 1.165) is 37.8 Å². The Bertz CT molecular complexity index is 1090. The number of hydrogen-bond donors (Lipinski definition) is 1. The van der Waals surface area contributed by atoms with E-state index in [4.69, 9.17) is 4.42 Å². The molecule has 5 nitrogen and oxygen atoms in total. The molecule has 1 aromatic carbocycles. The maximum Gasteiger partial charge on any atom is 0.449 e. The summed E-state index contributed by atoms with van der Waals surface area (Å²) in [5.74, 6) is -1.80. The summed E-state index contributed by atoms with van der Waals surface area (Å²) in [6.45, 7) is 0. The highest BCUT2D eigenvalue weighted by Gasteiger charge is 2.54. The Hall–Kier alpha value is -2.84. The second-order valence-electron chi connectivity index (χ2n) is 8.01. The van der Waals surface area contributed by atoms with E-state index < -0.39 is 17.8 Å². The molecular formula is C20H16F4N2O3. The van der Waals surface area contributed by atoms with Crippen LogP contribution in [0.5, 0.6) is 0 Å². The number of carbonyl (C=O) groups is 1. The van der Waals surface area contributed by atoms with Crippen molar-refractivity contribution < 1.29 is 31.2 Å². The van der Waals surface area contributed by atoms with Gasteiger partial charge in [0.15, 0.2) is 17.2 Å². The number of fused-ring (bicyclic) bond motifs is 1. The number of benzene rings is 1. The maximum absolute atomic E-state index is 13.3. The average Bonchev–Trinajstić information content (AvgIpc) is 3.21. The van der Waals surface area contributed by atoms with E-state index in [1.807, 2.05) is 0 Å². The van der Waals surface area contributed by atoms with E-state index in [9.17, 15) is 22.4 Å². The van der Waals surface area contributed by atoms with Gasteiger partial charge in [-0.3, -0.25) is 4.79 Å². The number of aromatic nitrogens is 1. The highest BCUT2D eigenvalue weighted by Crippen LogP contribution is 2.61. The summed E-state index contributed by atoms with van der Waals surface area (Å²) >= 11 is 0. The predicted octanol–water partition coefficient (Wildman–Crippen LogP) is 5.03. The van der Waals surface area contributed by atoms with Crippen molar-refractivity contribution in [3.8, 4) is 0 Å². The summed E-state index contributed by atoms with van der Waals surface area (Å²) in [5.41, 5.74) is 1.14. The van der Waals surface area contributed by atoms with Gasteiger partial charge in [0.05, 0.1) is 0 Å². The normalized spacial score (nSPS) is 26.3. The largest absolute Gasteiger partial charge is 0.449 e. The van der Waals surface area contributed by atoms with Crippen LogP contribution in [0.25, 0.3) is 11.1 Å². The number of nitrogens with one attached hydrogen (secondary N) is 1. The lowest BCUT2D eigenvalue weighted by molar-refractivity contribution is -0.153. The first-order valence-corrected chi connectivity index (χ1v) is 9.25. The van der Waals surface area contributed by atoms with Gasteiger partial charge < -0.3 is 14.2 Å². The van der Waals surface area contributed by atoms with Crippen molar-refractivity contribution in [3.05, 3.63) is 53.6 Å². The van der Waals surface area contributed by atoms with Gasteiger partial charge in [0.25, 0.3) is 5.91 Å². The Morgan fingerprint density at radius 2 is 1.86 bits per heavy atom. The van der Waals surface area contributed by atoms with Crippen molar-refractivity contribution in [2.75, 3.05) is 0 Å². The molecule has 2 aliphatic rings. The van der Waals surface area contributed by atoms with Gasteiger partial charge in [-0.05, 0) is 55.4 Å². The molecule has 1 amide bonds. The molecule has 1 N–H and O–H groups in total. The fourth-order valence-corrected chi connectivity index (χ4v) is 4.54. The van der Waals surface area contributed by atoms with Crippen LogP contribution in [0.15, 0.2) is 39.2 Å². The van der Waals surface area contributed by atoms with E-state index in [-0.39, 0.29) is 29.0 Å². The molecule has 0 atom stereocenters. The quantitative estimate of drug-likeness (QED) is 0.617. The van der Waals surface area contributed by atoms with E-state index in [2.05, 4.69) is 14.7 Å². The fraction of sp³-hybridized carbons (Fsp3) is 0.400. The minimum Gasteiger partial charge on any atom is -0.446 e. The molecule has 0 unspecified atom stereocenters. The number of carbonyl (C=O) groups excluding carboxylic acids is 1. The second kappa shape index (κ2) is 6.08. The molecule has 2 aliphatic carbocycles. The van der Waals surface area contributed by atoms with Crippen LogP contribution in [-0.2, 0) is 6.18 Å². The molecule has 0 saturated heterocycles. The molecule has 2 saturated carbocycles. The zero-order valence-electron chi connectivity index (χ0n) is 15.1. The van der Waals surface area contributed by atoms with Crippen LogP contribution in [0.2, 0.25) is 0 Å². The Kier molecular flexibility index (Phi) is 3.81. The van der Waals surface area contributed by atoms with Gasteiger partial charge in [0, 0.05) is 18.0 Å². The minimum atomic E-state index is -4.61. The lowest BCUT2D eigenvalue weighted by Crippen LogP contribution is -2.55. The SMILES string of the molecule is O=C(NC1CC2(C1)CC(c1nc3ccc(F)cc3o1)C2)c1ccc(C(F)(F)F)o1. The van der Waals surface area contributed by atoms with Gasteiger partial charge in [0.1, 0.15) is 11.3 Å². The highest BCUT2D eigenvalue weighted by molar-refractivity contribution is 5.91. The van der Waals surface area contributed by atoms with E-state index in [0.29, 0.717) is 17.0 Å². The number of nitrogens with zero attached hydrogens (tertiary/aromatic N) is 1. The van der Waals surface area contributed by atoms with Crippen molar-refractivity contribution in [3.63, 3.8) is 0 Å². The lowest BCUT2D eigenvalue weighted by Gasteiger charge is -2.57. The molecule has 2 heterocycles. The third kappa shape index (κ3) is 3.18. The summed E-state index contributed by atoms with van der Waals surface area (Å²) < 4.78 is 61.2. The highest BCUT2D eigenvalue weighted by atomic mass is 19.4. The molecular weight excluding hydrogens is 392 g/mol. The standard InChI is InChI=1S/C20H16F4N2O3/c21-11-1-2-13-15(5-11)29-18(26-13)10-6-19(7-10)8-12(9-19)25-17(27)14-3-4-16(28-14)20(22,23)24/h1-5,10,12H,6-9H2,(H,25,27). The van der Waals surface area contributed by atoms with Crippen molar-refractivity contribution in [2.24, 2.45) is 5.41 Å². The molecule has 1 spiro atoms. The first-order valence-electron chi connectivity index (χ1n) is 9.25. The van der Waals surface area contributed by atoms with Crippen LogP contribution in [0.4, 0.5) is 17.6 Å². The van der Waals surface area contributed by atoms with Crippen LogP contribution < -0.4 is 5.32 Å². The van der Waals surface area contributed by atoms with E-state index in [1.54, 1.807) is 6.07 Å². The third-order valence-corrected chi connectivity index (χ3v) is 5.88. The summed E-state index contributed by atoms with van der Waals surface area (Å²) in [5, 5.41) is 2.72. The summed E-state index contributed by atoms with van der Waals surface area (Å²) in [4.78, 5) is 16.5. The maximum atomic E-state index is 13.3. The van der Waals surface area contributed by atoms with Crippen molar-refractivity contribution in [1.29, 1.82) is 0 Å². The fourth-order valence-electron chi connectivity index (χ4n) is 4.54. The summed E-state index contributed by atoms with van der Waals surface area (Å²) in [7, 11) is 0. The Morgan fingerprint density at radius 3 is 2.55 bits per heavy atom. The Morgan fingerprint density at radius 1 is 1.10 bits per heavy atom. The van der Waals surface area contributed by atoms with Crippen LogP contribution >= 0.6 is 0 Å². The zero-order valence-corrected chi connectivity index (χ0v) is 15.1. The second-order valence-corrected chi connectivity index (χ2v) is 8.01. The van der Waals surface area contributed by atoms with E-state index >= 15 is 0 Å². The van der Waals surface area contributed by atoms with Crippen LogP contribution in [0.3, 0.4) is 0 Å². The molecule has 29 heavy (non-hydrogen) atoms. The zero-order chi connectivity index (χ0) is 20.4. The van der Waals surface area contributed by atoms with Gasteiger partial charge in [-0.1, -0.05) is 0 Å². The first-order chi connectivity index (χ1) is 13.7. The van der Waals surface area contributed by atoms with Crippen LogP contribution in [-0.4, -0.2) is 16.9 Å². The molecule has 0 radical (unpaired) electrons. The topological polar surface area (TPSA) is 68.3 Å². The smallest absolute Gasteiger partial charge is 0.446 e. The van der Waals surface area contributed by atoms with Gasteiger partial charge >= 0.3 is 6.18 Å². The summed E-state index contributed by atoms with van der Waals surface area (Å²) in [6, 6.07) is 5.92.